The Morgan fingerprint density at radius 1 is 1.50 bits per heavy atom. The van der Waals surface area contributed by atoms with Crippen molar-refractivity contribution in [2.24, 2.45) is 5.92 Å². The first-order valence-corrected chi connectivity index (χ1v) is 8.77. The highest BCUT2D eigenvalue weighted by atomic mass is 32.1. The molecule has 0 aliphatic carbocycles. The van der Waals surface area contributed by atoms with E-state index < -0.39 is 0 Å². The maximum atomic E-state index is 12.3. The summed E-state index contributed by atoms with van der Waals surface area (Å²) in [7, 11) is 4.06. The van der Waals surface area contributed by atoms with Crippen molar-refractivity contribution in [1.82, 2.24) is 15.1 Å². The van der Waals surface area contributed by atoms with Gasteiger partial charge in [0.05, 0.1) is 12.1 Å². The number of likely N-dealkylation sites (tertiary alicyclic amines) is 1. The highest BCUT2D eigenvalue weighted by molar-refractivity contribution is 7.10. The number of carbonyl (C=O) groups excluding carboxylic acids is 1. The molecule has 5 nitrogen and oxygen atoms in total. The van der Waals surface area contributed by atoms with Gasteiger partial charge in [-0.3, -0.25) is 0 Å². The summed E-state index contributed by atoms with van der Waals surface area (Å²) in [5.41, 5.74) is 0. The van der Waals surface area contributed by atoms with Gasteiger partial charge in [0.25, 0.3) is 0 Å². The molecule has 0 unspecified atom stereocenters. The van der Waals surface area contributed by atoms with Gasteiger partial charge in [0.15, 0.2) is 0 Å². The first kappa shape index (κ1) is 17.2. The number of urea groups is 1. The monoisotopic (exact) mass is 325 g/mol. The zero-order valence-electron chi connectivity index (χ0n) is 13.7. The number of piperidine rings is 1. The largest absolute Gasteiger partial charge is 0.393 e. The molecule has 0 saturated carbocycles. The Balaban J connectivity index is 1.82. The third-order valence-electron chi connectivity index (χ3n) is 4.45. The Morgan fingerprint density at radius 2 is 2.18 bits per heavy atom. The maximum absolute atomic E-state index is 12.3. The summed E-state index contributed by atoms with van der Waals surface area (Å²) in [5, 5.41) is 14.7. The number of nitrogens with one attached hydrogen (secondary N) is 1. The molecule has 6 heteroatoms. The molecule has 1 aliphatic heterocycles. The van der Waals surface area contributed by atoms with E-state index in [0.717, 1.165) is 25.9 Å². The standard InChI is InChI=1S/C16H27N3O2S/c1-12(20)13-6-8-19(9-7-13)16(21)17-11-14(18(2)3)15-5-4-10-22-15/h4-5,10,12-14,20H,6-9,11H2,1-3H3,(H,17,21)/t12-,14-/m1/s1. The lowest BCUT2D eigenvalue weighted by molar-refractivity contribution is 0.0795. The normalized spacial score (nSPS) is 19.2. The fraction of sp³-hybridized carbons (Fsp3) is 0.688. The third-order valence-corrected chi connectivity index (χ3v) is 5.42. The number of thiophene rings is 1. The number of aliphatic hydroxyl groups excluding tert-OH is 1. The third kappa shape index (κ3) is 4.44. The van der Waals surface area contributed by atoms with Crippen molar-refractivity contribution < 1.29 is 9.90 Å². The summed E-state index contributed by atoms with van der Waals surface area (Å²) in [5.74, 6) is 0.324. The fourth-order valence-corrected chi connectivity index (χ4v) is 3.82. The molecule has 1 saturated heterocycles. The van der Waals surface area contributed by atoms with Crippen LogP contribution in [0.15, 0.2) is 17.5 Å². The number of carbonyl (C=O) groups is 1. The molecule has 2 N–H and O–H groups in total. The molecule has 2 rings (SSSR count). The van der Waals surface area contributed by atoms with Crippen LogP contribution in [0.1, 0.15) is 30.7 Å². The van der Waals surface area contributed by atoms with Gasteiger partial charge in [0.2, 0.25) is 0 Å². The molecular formula is C16H27N3O2S. The Bertz CT molecular complexity index is 454. The molecule has 0 radical (unpaired) electrons. The van der Waals surface area contributed by atoms with Crippen LogP contribution in [0.4, 0.5) is 4.79 Å². The number of hydrogen-bond donors (Lipinski definition) is 2. The lowest BCUT2D eigenvalue weighted by atomic mass is 9.92. The van der Waals surface area contributed by atoms with Crippen LogP contribution in [-0.4, -0.2) is 60.8 Å². The summed E-state index contributed by atoms with van der Waals surface area (Å²) in [6, 6.07) is 4.36. The summed E-state index contributed by atoms with van der Waals surface area (Å²) in [6.07, 6.45) is 1.49. The van der Waals surface area contributed by atoms with Gasteiger partial charge >= 0.3 is 6.03 Å². The van der Waals surface area contributed by atoms with E-state index in [1.165, 1.54) is 4.88 Å². The van der Waals surface area contributed by atoms with Crippen LogP contribution in [0.3, 0.4) is 0 Å². The van der Waals surface area contributed by atoms with Crippen molar-refractivity contribution in [1.29, 1.82) is 0 Å². The summed E-state index contributed by atoms with van der Waals surface area (Å²) >= 11 is 1.72. The number of hydrogen-bond acceptors (Lipinski definition) is 4. The number of aliphatic hydroxyl groups is 1. The minimum Gasteiger partial charge on any atom is -0.393 e. The van der Waals surface area contributed by atoms with Crippen molar-refractivity contribution in [3.05, 3.63) is 22.4 Å². The molecule has 1 aromatic heterocycles. The summed E-state index contributed by atoms with van der Waals surface area (Å²) < 4.78 is 0. The van der Waals surface area contributed by atoms with E-state index in [1.54, 1.807) is 11.3 Å². The first-order chi connectivity index (χ1) is 10.5. The summed E-state index contributed by atoms with van der Waals surface area (Å²) in [6.45, 7) is 3.91. The van der Waals surface area contributed by atoms with Gasteiger partial charge in [-0.1, -0.05) is 6.07 Å². The van der Waals surface area contributed by atoms with Gasteiger partial charge in [-0.15, -0.1) is 11.3 Å². The molecule has 1 aliphatic rings. The quantitative estimate of drug-likeness (QED) is 0.872. The van der Waals surface area contributed by atoms with Gasteiger partial charge in [-0.25, -0.2) is 4.79 Å². The second kappa shape index (κ2) is 7.94. The fourth-order valence-electron chi connectivity index (χ4n) is 2.90. The average Bonchev–Trinajstić information content (AvgIpc) is 3.01. The molecular weight excluding hydrogens is 298 g/mol. The van der Waals surface area contributed by atoms with E-state index in [4.69, 9.17) is 0 Å². The molecule has 0 bridgehead atoms. The highest BCUT2D eigenvalue weighted by Crippen LogP contribution is 2.23. The SMILES string of the molecule is C[C@@H](O)C1CCN(C(=O)NC[C@H](c2cccs2)N(C)C)CC1. The number of amides is 2. The minimum atomic E-state index is -0.276. The zero-order chi connectivity index (χ0) is 16.1. The van der Waals surface area contributed by atoms with Crippen molar-refractivity contribution in [2.75, 3.05) is 33.7 Å². The second-order valence-electron chi connectivity index (χ2n) is 6.25. The predicted molar refractivity (Wildman–Crippen MR) is 90.1 cm³/mol. The van der Waals surface area contributed by atoms with Crippen molar-refractivity contribution in [3.63, 3.8) is 0 Å². The van der Waals surface area contributed by atoms with Crippen molar-refractivity contribution >= 4 is 17.4 Å². The second-order valence-corrected chi connectivity index (χ2v) is 7.23. The number of rotatable bonds is 5. The zero-order valence-corrected chi connectivity index (χ0v) is 14.5. The van der Waals surface area contributed by atoms with Gasteiger partial charge < -0.3 is 20.2 Å². The van der Waals surface area contributed by atoms with Gasteiger partial charge in [0.1, 0.15) is 0 Å². The van der Waals surface area contributed by atoms with E-state index >= 15 is 0 Å². The van der Waals surface area contributed by atoms with Crippen LogP contribution in [-0.2, 0) is 0 Å². The first-order valence-electron chi connectivity index (χ1n) is 7.89. The maximum Gasteiger partial charge on any atom is 0.317 e. The van der Waals surface area contributed by atoms with Crippen LogP contribution >= 0.6 is 11.3 Å². The van der Waals surface area contributed by atoms with E-state index in [1.807, 2.05) is 32.0 Å². The van der Waals surface area contributed by atoms with Crippen molar-refractivity contribution in [3.8, 4) is 0 Å². The smallest absolute Gasteiger partial charge is 0.317 e. The summed E-state index contributed by atoms with van der Waals surface area (Å²) in [4.78, 5) is 17.6. The van der Waals surface area contributed by atoms with Gasteiger partial charge in [-0.05, 0) is 51.2 Å². The molecule has 22 heavy (non-hydrogen) atoms. The van der Waals surface area contributed by atoms with E-state index in [0.29, 0.717) is 12.5 Å². The number of nitrogens with zero attached hydrogens (tertiary/aromatic N) is 2. The van der Waals surface area contributed by atoms with E-state index in [-0.39, 0.29) is 18.2 Å². The van der Waals surface area contributed by atoms with Crippen LogP contribution in [0.2, 0.25) is 0 Å². The highest BCUT2D eigenvalue weighted by Gasteiger charge is 2.26. The van der Waals surface area contributed by atoms with Crippen molar-refractivity contribution in [2.45, 2.75) is 31.9 Å². The molecule has 2 amide bonds. The lowest BCUT2D eigenvalue weighted by Gasteiger charge is -2.34. The Hall–Kier alpha value is -1.11. The number of likely N-dealkylation sites (N-methyl/N-ethyl adjacent to an activating group) is 1. The minimum absolute atomic E-state index is 0.00690. The van der Waals surface area contributed by atoms with Gasteiger partial charge in [-0.2, -0.15) is 0 Å². The van der Waals surface area contributed by atoms with Crippen LogP contribution in [0.5, 0.6) is 0 Å². The molecule has 0 aromatic carbocycles. The molecule has 2 heterocycles. The predicted octanol–water partition coefficient (Wildman–Crippen LogP) is 2.15. The Labute approximate surface area is 136 Å². The molecule has 1 aromatic rings. The molecule has 1 fully saturated rings. The Kier molecular flexibility index (Phi) is 6.23. The average molecular weight is 325 g/mol. The molecule has 0 spiro atoms. The van der Waals surface area contributed by atoms with Crippen LogP contribution in [0, 0.1) is 5.92 Å². The molecule has 124 valence electrons. The molecule has 2 atom stereocenters. The van der Waals surface area contributed by atoms with Crippen LogP contribution < -0.4 is 5.32 Å². The van der Waals surface area contributed by atoms with Crippen LogP contribution in [0.25, 0.3) is 0 Å². The Morgan fingerprint density at radius 3 is 2.68 bits per heavy atom. The topological polar surface area (TPSA) is 55.8 Å². The van der Waals surface area contributed by atoms with Gasteiger partial charge in [0, 0.05) is 24.5 Å². The van der Waals surface area contributed by atoms with E-state index in [9.17, 15) is 9.90 Å². The lowest BCUT2D eigenvalue weighted by Crippen LogP contribution is -2.47. The van der Waals surface area contributed by atoms with E-state index in [2.05, 4.69) is 21.7 Å².